The van der Waals surface area contributed by atoms with Gasteiger partial charge in [0.25, 0.3) is 5.91 Å². The maximum absolute atomic E-state index is 14.0. The second-order valence-corrected chi connectivity index (χ2v) is 9.11. The highest BCUT2D eigenvalue weighted by atomic mass is 35.5. The third kappa shape index (κ3) is 4.05. The van der Waals surface area contributed by atoms with Gasteiger partial charge in [-0.05, 0) is 60.5 Å². The molecule has 0 radical (unpaired) electrons. The summed E-state index contributed by atoms with van der Waals surface area (Å²) in [6, 6.07) is 18.7. The van der Waals surface area contributed by atoms with Crippen molar-refractivity contribution in [2.75, 3.05) is 4.90 Å². The first-order chi connectivity index (χ1) is 17.9. The molecule has 3 heterocycles. The van der Waals surface area contributed by atoms with Crippen molar-refractivity contribution in [1.82, 2.24) is 5.16 Å². The molecule has 1 amide bonds. The van der Waals surface area contributed by atoms with Crippen molar-refractivity contribution in [3.63, 3.8) is 0 Å². The Labute approximate surface area is 214 Å². The van der Waals surface area contributed by atoms with Crippen molar-refractivity contribution in [2.24, 2.45) is 0 Å². The van der Waals surface area contributed by atoms with Gasteiger partial charge in [0.2, 0.25) is 5.76 Å². The third-order valence-electron chi connectivity index (χ3n) is 6.19. The van der Waals surface area contributed by atoms with Gasteiger partial charge in [-0.25, -0.2) is 4.39 Å². The summed E-state index contributed by atoms with van der Waals surface area (Å²) < 4.78 is 31.0. The molecule has 7 nitrogen and oxygen atoms in total. The maximum Gasteiger partial charge on any atom is 0.296 e. The Balaban J connectivity index is 1.47. The molecular formula is C28H18ClFN2O5. The van der Waals surface area contributed by atoms with Gasteiger partial charge in [0, 0.05) is 11.1 Å². The topological polar surface area (TPSA) is 85.8 Å². The molecule has 3 aromatic carbocycles. The molecule has 0 fully saturated rings. The maximum atomic E-state index is 14.0. The number of carbonyl (C=O) groups excluding carboxylic acids is 1. The van der Waals surface area contributed by atoms with E-state index in [1.807, 2.05) is 12.1 Å². The SMILES string of the molecule is Cc1cc(N2C(=O)c3oc4ccc(F)cc4c(=O)c3[C@@H]2c2cccc(OCc3ccc(Cl)cc3)c2)no1. The average Bonchev–Trinajstić information content (AvgIpc) is 3.45. The first kappa shape index (κ1) is 23.0. The molecule has 0 N–H and O–H groups in total. The van der Waals surface area contributed by atoms with Gasteiger partial charge < -0.3 is 13.7 Å². The second kappa shape index (κ2) is 8.90. The molecule has 0 aliphatic carbocycles. The normalized spacial score (nSPS) is 14.8. The quantitative estimate of drug-likeness (QED) is 0.276. The van der Waals surface area contributed by atoms with Crippen LogP contribution in [0.25, 0.3) is 11.0 Å². The van der Waals surface area contributed by atoms with Crippen molar-refractivity contribution in [1.29, 1.82) is 0 Å². The van der Waals surface area contributed by atoms with Crippen LogP contribution in [0.1, 0.15) is 39.0 Å². The van der Waals surface area contributed by atoms with Gasteiger partial charge >= 0.3 is 0 Å². The molecule has 184 valence electrons. The van der Waals surface area contributed by atoms with E-state index >= 15 is 0 Å². The molecular weight excluding hydrogens is 499 g/mol. The predicted molar refractivity (Wildman–Crippen MR) is 135 cm³/mol. The lowest BCUT2D eigenvalue weighted by Crippen LogP contribution is -2.29. The highest BCUT2D eigenvalue weighted by molar-refractivity contribution is 6.30. The van der Waals surface area contributed by atoms with Crippen molar-refractivity contribution in [2.45, 2.75) is 19.6 Å². The summed E-state index contributed by atoms with van der Waals surface area (Å²) in [5.74, 6) is -0.0143. The molecule has 5 aromatic rings. The van der Waals surface area contributed by atoms with Gasteiger partial charge in [0.1, 0.15) is 29.5 Å². The number of halogens is 2. The average molecular weight is 517 g/mol. The van der Waals surface area contributed by atoms with Crippen LogP contribution in [0.2, 0.25) is 5.02 Å². The van der Waals surface area contributed by atoms with E-state index in [0.29, 0.717) is 28.7 Å². The number of anilines is 1. The highest BCUT2D eigenvalue weighted by Gasteiger charge is 2.45. The minimum Gasteiger partial charge on any atom is -0.489 e. The van der Waals surface area contributed by atoms with Gasteiger partial charge in [0.15, 0.2) is 11.2 Å². The number of hydrogen-bond donors (Lipinski definition) is 0. The summed E-state index contributed by atoms with van der Waals surface area (Å²) in [7, 11) is 0. The molecule has 1 aliphatic rings. The van der Waals surface area contributed by atoms with E-state index in [4.69, 9.17) is 25.3 Å². The van der Waals surface area contributed by atoms with E-state index < -0.39 is 23.2 Å². The fourth-order valence-corrected chi connectivity index (χ4v) is 4.61. The number of benzene rings is 3. The van der Waals surface area contributed by atoms with Gasteiger partial charge in [-0.2, -0.15) is 0 Å². The lowest BCUT2D eigenvalue weighted by atomic mass is 9.98. The molecule has 0 spiro atoms. The minimum absolute atomic E-state index is 0.0462. The highest BCUT2D eigenvalue weighted by Crippen LogP contribution is 2.41. The molecule has 2 aromatic heterocycles. The monoisotopic (exact) mass is 516 g/mol. The number of fused-ring (bicyclic) bond motifs is 2. The fourth-order valence-electron chi connectivity index (χ4n) is 4.49. The van der Waals surface area contributed by atoms with Crippen LogP contribution < -0.4 is 15.1 Å². The molecule has 0 saturated heterocycles. The van der Waals surface area contributed by atoms with Crippen molar-refractivity contribution in [3.05, 3.63) is 122 Å². The smallest absolute Gasteiger partial charge is 0.296 e. The number of aryl methyl sites for hydroxylation is 1. The van der Waals surface area contributed by atoms with Gasteiger partial charge in [-0.15, -0.1) is 0 Å². The number of carbonyl (C=O) groups is 1. The number of aromatic nitrogens is 1. The zero-order valence-electron chi connectivity index (χ0n) is 19.4. The molecule has 9 heteroatoms. The summed E-state index contributed by atoms with van der Waals surface area (Å²) in [6.45, 7) is 1.99. The van der Waals surface area contributed by atoms with Crippen LogP contribution in [-0.4, -0.2) is 11.1 Å². The van der Waals surface area contributed by atoms with E-state index in [1.165, 1.54) is 17.0 Å². The number of hydrogen-bond acceptors (Lipinski definition) is 6. The summed E-state index contributed by atoms with van der Waals surface area (Å²) in [5, 5.41) is 4.69. The Morgan fingerprint density at radius 1 is 1.05 bits per heavy atom. The molecule has 0 bridgehead atoms. The number of nitrogens with zero attached hydrogens (tertiary/aromatic N) is 2. The standard InChI is InChI=1S/C28H18ClFN2O5/c1-15-11-23(31-37-15)32-25(17-3-2-4-20(12-17)35-14-16-5-7-18(29)8-6-16)24-26(33)21-13-19(30)9-10-22(21)36-27(24)28(32)34/h2-13,25H,14H2,1H3/t25-/m0/s1. The largest absolute Gasteiger partial charge is 0.489 e. The van der Waals surface area contributed by atoms with Gasteiger partial charge in [-0.3, -0.25) is 14.5 Å². The van der Waals surface area contributed by atoms with Crippen molar-refractivity contribution < 1.29 is 22.9 Å². The molecule has 1 atom stereocenters. The van der Waals surface area contributed by atoms with E-state index in [1.54, 1.807) is 49.4 Å². The molecule has 0 unspecified atom stereocenters. The Morgan fingerprint density at radius 3 is 2.62 bits per heavy atom. The third-order valence-corrected chi connectivity index (χ3v) is 6.44. The summed E-state index contributed by atoms with van der Waals surface area (Å²) in [4.78, 5) is 28.5. The molecule has 37 heavy (non-hydrogen) atoms. The van der Waals surface area contributed by atoms with E-state index in [9.17, 15) is 14.0 Å². The Kier molecular flexibility index (Phi) is 5.53. The Morgan fingerprint density at radius 2 is 1.86 bits per heavy atom. The van der Waals surface area contributed by atoms with Crippen LogP contribution >= 0.6 is 11.6 Å². The molecule has 1 aliphatic heterocycles. The van der Waals surface area contributed by atoms with Crippen LogP contribution in [0.4, 0.5) is 10.2 Å². The van der Waals surface area contributed by atoms with Crippen LogP contribution in [0.15, 0.2) is 86.5 Å². The summed E-state index contributed by atoms with van der Waals surface area (Å²) >= 11 is 5.96. The lowest BCUT2D eigenvalue weighted by Gasteiger charge is -2.22. The lowest BCUT2D eigenvalue weighted by molar-refractivity contribution is 0.0969. The van der Waals surface area contributed by atoms with E-state index in [2.05, 4.69) is 5.16 Å². The van der Waals surface area contributed by atoms with Crippen molar-refractivity contribution in [3.8, 4) is 5.75 Å². The van der Waals surface area contributed by atoms with Crippen LogP contribution in [0.5, 0.6) is 5.75 Å². The number of rotatable bonds is 5. The number of amides is 1. The second-order valence-electron chi connectivity index (χ2n) is 8.68. The Bertz CT molecular complexity index is 1730. The van der Waals surface area contributed by atoms with Crippen LogP contribution in [0.3, 0.4) is 0 Å². The van der Waals surface area contributed by atoms with Gasteiger partial charge in [-0.1, -0.05) is 41.0 Å². The first-order valence-corrected chi connectivity index (χ1v) is 11.8. The number of ether oxygens (including phenoxy) is 1. The zero-order chi connectivity index (χ0) is 25.7. The Hall–Kier alpha value is -4.43. The van der Waals surface area contributed by atoms with E-state index in [0.717, 1.165) is 11.6 Å². The minimum atomic E-state index is -0.894. The molecule has 0 saturated carbocycles. The van der Waals surface area contributed by atoms with Gasteiger partial charge in [0.05, 0.1) is 17.0 Å². The predicted octanol–water partition coefficient (Wildman–Crippen LogP) is 6.21. The van der Waals surface area contributed by atoms with Crippen LogP contribution in [-0.2, 0) is 6.61 Å². The summed E-state index contributed by atoms with van der Waals surface area (Å²) in [6.07, 6.45) is 0. The van der Waals surface area contributed by atoms with Crippen molar-refractivity contribution >= 4 is 34.3 Å². The van der Waals surface area contributed by atoms with Crippen LogP contribution in [0, 0.1) is 12.7 Å². The van der Waals surface area contributed by atoms with E-state index in [-0.39, 0.29) is 28.1 Å². The zero-order valence-corrected chi connectivity index (χ0v) is 20.2. The molecule has 6 rings (SSSR count). The summed E-state index contributed by atoms with van der Waals surface area (Å²) in [5.41, 5.74) is 1.23. The fraction of sp³-hybridized carbons (Fsp3) is 0.107. The first-order valence-electron chi connectivity index (χ1n) is 11.4.